The summed E-state index contributed by atoms with van der Waals surface area (Å²) >= 11 is 3.24. The first-order valence-corrected chi connectivity index (χ1v) is 10.5. The van der Waals surface area contributed by atoms with Gasteiger partial charge in [0.2, 0.25) is 0 Å². The Hall–Kier alpha value is -3.00. The number of hydrogen-bond acceptors (Lipinski definition) is 5. The number of fused-ring (bicyclic) bond motifs is 1. The van der Waals surface area contributed by atoms with E-state index in [-0.39, 0.29) is 24.1 Å². The fourth-order valence-corrected chi connectivity index (χ4v) is 4.03. The van der Waals surface area contributed by atoms with E-state index in [0.29, 0.717) is 34.9 Å². The van der Waals surface area contributed by atoms with Gasteiger partial charge in [-0.3, -0.25) is 4.79 Å². The maximum Gasteiger partial charge on any atom is 0.290 e. The average molecular weight is 490 g/mol. The molecule has 8 heteroatoms. The molecule has 2 aromatic carbocycles. The summed E-state index contributed by atoms with van der Waals surface area (Å²) in [5.74, 6) is 1.38. The SMILES string of the molecule is COc1cc2c(cc1OC)[C@H](COc1ccc(F)cc1)N(C(=O)c1ccc(Br)o1)CC2. The van der Waals surface area contributed by atoms with E-state index < -0.39 is 6.04 Å². The molecule has 0 unspecified atom stereocenters. The van der Waals surface area contributed by atoms with Crippen LogP contribution in [0.1, 0.15) is 27.7 Å². The molecule has 1 aromatic heterocycles. The molecule has 0 N–H and O–H groups in total. The number of furan rings is 1. The Morgan fingerprint density at radius 1 is 1.13 bits per heavy atom. The van der Waals surface area contributed by atoms with E-state index in [2.05, 4.69) is 15.9 Å². The summed E-state index contributed by atoms with van der Waals surface area (Å²) in [5.41, 5.74) is 1.96. The van der Waals surface area contributed by atoms with Crippen molar-refractivity contribution in [2.45, 2.75) is 12.5 Å². The van der Waals surface area contributed by atoms with Crippen molar-refractivity contribution in [3.8, 4) is 17.2 Å². The Kier molecular flexibility index (Phi) is 6.18. The second-order valence-corrected chi connectivity index (χ2v) is 7.82. The number of nitrogens with zero attached hydrogens (tertiary/aromatic N) is 1. The smallest absolute Gasteiger partial charge is 0.290 e. The summed E-state index contributed by atoms with van der Waals surface area (Å²) < 4.78 is 36.1. The van der Waals surface area contributed by atoms with Crippen LogP contribution in [0, 0.1) is 5.82 Å². The monoisotopic (exact) mass is 489 g/mol. The lowest BCUT2D eigenvalue weighted by Gasteiger charge is -2.37. The van der Waals surface area contributed by atoms with Crippen molar-refractivity contribution in [3.63, 3.8) is 0 Å². The molecule has 6 nitrogen and oxygen atoms in total. The lowest BCUT2D eigenvalue weighted by Crippen LogP contribution is -2.42. The average Bonchev–Trinajstić information content (AvgIpc) is 3.23. The highest BCUT2D eigenvalue weighted by molar-refractivity contribution is 9.10. The van der Waals surface area contributed by atoms with Gasteiger partial charge < -0.3 is 23.5 Å². The number of methoxy groups -OCH3 is 2. The second kappa shape index (κ2) is 9.01. The lowest BCUT2D eigenvalue weighted by atomic mass is 9.92. The van der Waals surface area contributed by atoms with Gasteiger partial charge in [-0.15, -0.1) is 0 Å². The van der Waals surface area contributed by atoms with E-state index >= 15 is 0 Å². The van der Waals surface area contributed by atoms with Gasteiger partial charge in [0.15, 0.2) is 21.9 Å². The Bertz CT molecular complexity index is 1080. The third kappa shape index (κ3) is 4.39. The summed E-state index contributed by atoms with van der Waals surface area (Å²) in [6.45, 7) is 0.665. The van der Waals surface area contributed by atoms with Crippen LogP contribution in [-0.4, -0.2) is 38.2 Å². The van der Waals surface area contributed by atoms with Crippen LogP contribution in [-0.2, 0) is 6.42 Å². The van der Waals surface area contributed by atoms with Crippen molar-refractivity contribution >= 4 is 21.8 Å². The topological polar surface area (TPSA) is 61.1 Å². The van der Waals surface area contributed by atoms with Crippen molar-refractivity contribution < 1.29 is 27.8 Å². The van der Waals surface area contributed by atoms with E-state index in [4.69, 9.17) is 18.6 Å². The van der Waals surface area contributed by atoms with E-state index in [0.717, 1.165) is 11.1 Å². The standard InChI is InChI=1S/C23H21BrFNO5/c1-28-20-11-14-9-10-26(23(27)19-7-8-22(24)31-19)18(17(14)12-21(20)29-2)13-30-16-5-3-15(25)4-6-16/h3-8,11-12,18H,9-10,13H2,1-2H3/t18-/m0/s1. The highest BCUT2D eigenvalue weighted by Gasteiger charge is 2.34. The van der Waals surface area contributed by atoms with E-state index in [1.165, 1.54) is 12.1 Å². The minimum absolute atomic E-state index is 0.182. The molecule has 0 saturated heterocycles. The van der Waals surface area contributed by atoms with Crippen LogP contribution in [0.5, 0.6) is 17.2 Å². The molecule has 0 spiro atoms. The molecule has 0 bridgehead atoms. The van der Waals surface area contributed by atoms with Gasteiger partial charge in [0.05, 0.1) is 20.3 Å². The number of benzene rings is 2. The predicted molar refractivity (Wildman–Crippen MR) is 115 cm³/mol. The van der Waals surface area contributed by atoms with Crippen molar-refractivity contribution in [2.24, 2.45) is 0 Å². The van der Waals surface area contributed by atoms with Gasteiger partial charge in [0, 0.05) is 6.54 Å². The molecule has 0 radical (unpaired) electrons. The number of ether oxygens (including phenoxy) is 3. The predicted octanol–water partition coefficient (Wildman–Crippen LogP) is 5.02. The number of hydrogen-bond donors (Lipinski definition) is 0. The molecule has 31 heavy (non-hydrogen) atoms. The molecular formula is C23H21BrFNO5. The number of rotatable bonds is 6. The molecule has 1 aliphatic rings. The maximum atomic E-state index is 13.2. The molecule has 2 heterocycles. The van der Waals surface area contributed by atoms with Crippen LogP contribution in [0.3, 0.4) is 0 Å². The molecular weight excluding hydrogens is 469 g/mol. The fraction of sp³-hybridized carbons (Fsp3) is 0.261. The molecule has 0 fully saturated rings. The summed E-state index contributed by atoms with van der Waals surface area (Å²) in [4.78, 5) is 14.9. The molecule has 162 valence electrons. The van der Waals surface area contributed by atoms with Crippen LogP contribution >= 0.6 is 15.9 Å². The maximum absolute atomic E-state index is 13.2. The normalized spacial score (nSPS) is 15.4. The van der Waals surface area contributed by atoms with Crippen LogP contribution in [0.2, 0.25) is 0 Å². The highest BCUT2D eigenvalue weighted by Crippen LogP contribution is 2.39. The Balaban J connectivity index is 1.69. The third-order valence-corrected chi connectivity index (χ3v) is 5.70. The molecule has 3 aromatic rings. The zero-order valence-corrected chi connectivity index (χ0v) is 18.6. The zero-order valence-electron chi connectivity index (χ0n) is 17.1. The van der Waals surface area contributed by atoms with E-state index in [1.807, 2.05) is 12.1 Å². The minimum Gasteiger partial charge on any atom is -0.493 e. The van der Waals surface area contributed by atoms with Crippen molar-refractivity contribution in [3.05, 3.63) is 75.9 Å². The Morgan fingerprint density at radius 3 is 2.48 bits per heavy atom. The summed E-state index contributed by atoms with van der Waals surface area (Å²) in [6, 6.07) is 12.5. The van der Waals surface area contributed by atoms with E-state index in [9.17, 15) is 9.18 Å². The van der Waals surface area contributed by atoms with Gasteiger partial charge in [-0.2, -0.15) is 0 Å². The Morgan fingerprint density at radius 2 is 1.84 bits per heavy atom. The van der Waals surface area contributed by atoms with Crippen LogP contribution in [0.4, 0.5) is 4.39 Å². The first kappa shape index (κ1) is 21.2. The number of halogens is 2. The van der Waals surface area contributed by atoms with Gasteiger partial charge in [-0.1, -0.05) is 0 Å². The molecule has 1 amide bonds. The fourth-order valence-electron chi connectivity index (χ4n) is 3.73. The summed E-state index contributed by atoms with van der Waals surface area (Å²) in [6.07, 6.45) is 0.649. The molecule has 1 atom stereocenters. The van der Waals surface area contributed by atoms with Crippen molar-refractivity contribution in [2.75, 3.05) is 27.4 Å². The van der Waals surface area contributed by atoms with Crippen LogP contribution < -0.4 is 14.2 Å². The van der Waals surface area contributed by atoms with E-state index in [1.54, 1.807) is 43.4 Å². The number of carbonyl (C=O) groups is 1. The second-order valence-electron chi connectivity index (χ2n) is 7.04. The molecule has 1 aliphatic heterocycles. The summed E-state index contributed by atoms with van der Waals surface area (Å²) in [5, 5.41) is 0. The van der Waals surface area contributed by atoms with Crippen LogP contribution in [0.25, 0.3) is 0 Å². The first-order chi connectivity index (χ1) is 15.0. The lowest BCUT2D eigenvalue weighted by molar-refractivity contribution is 0.0556. The highest BCUT2D eigenvalue weighted by atomic mass is 79.9. The zero-order chi connectivity index (χ0) is 22.0. The summed E-state index contributed by atoms with van der Waals surface area (Å²) in [7, 11) is 3.16. The largest absolute Gasteiger partial charge is 0.493 e. The van der Waals surface area contributed by atoms with Crippen molar-refractivity contribution in [1.82, 2.24) is 4.90 Å². The minimum atomic E-state index is -0.398. The van der Waals surface area contributed by atoms with Gasteiger partial charge >= 0.3 is 0 Å². The van der Waals surface area contributed by atoms with Gasteiger partial charge in [0.1, 0.15) is 18.2 Å². The van der Waals surface area contributed by atoms with Crippen LogP contribution in [0.15, 0.2) is 57.6 Å². The molecule has 0 saturated carbocycles. The first-order valence-electron chi connectivity index (χ1n) is 9.69. The number of amides is 1. The Labute approximate surface area is 187 Å². The van der Waals surface area contributed by atoms with Gasteiger partial charge in [0.25, 0.3) is 5.91 Å². The molecule has 4 rings (SSSR count). The van der Waals surface area contributed by atoms with Gasteiger partial charge in [-0.25, -0.2) is 4.39 Å². The molecule has 0 aliphatic carbocycles. The van der Waals surface area contributed by atoms with Gasteiger partial charge in [-0.05, 0) is 82.0 Å². The van der Waals surface area contributed by atoms with Crippen molar-refractivity contribution in [1.29, 1.82) is 0 Å². The third-order valence-electron chi connectivity index (χ3n) is 5.27. The quantitative estimate of drug-likeness (QED) is 0.486. The number of carbonyl (C=O) groups excluding carboxylic acids is 1.